The zero-order valence-corrected chi connectivity index (χ0v) is 8.98. The van der Waals surface area contributed by atoms with Crippen LogP contribution in [0, 0.1) is 5.82 Å². The highest BCUT2D eigenvalue weighted by atomic mass is 19.1. The molecule has 0 bridgehead atoms. The Morgan fingerprint density at radius 3 is 2.50 bits per heavy atom. The summed E-state index contributed by atoms with van der Waals surface area (Å²) in [5.41, 5.74) is -0.484. The fraction of sp³-hybridized carbons (Fsp3) is 0. The lowest BCUT2D eigenvalue weighted by Gasteiger charge is -2.17. The number of phenols is 1. The highest BCUT2D eigenvalue weighted by molar-refractivity contribution is 6.29. The van der Waals surface area contributed by atoms with Crippen molar-refractivity contribution in [3.05, 3.63) is 58.7 Å². The van der Waals surface area contributed by atoms with Crippen molar-refractivity contribution >= 4 is 11.6 Å². The third kappa shape index (κ3) is 1.21. The van der Waals surface area contributed by atoms with Crippen LogP contribution in [-0.2, 0) is 0 Å². The van der Waals surface area contributed by atoms with Crippen molar-refractivity contribution in [1.82, 2.24) is 4.98 Å². The SMILES string of the molecule is O=C1c2cnccc2C(=O)c2c(F)ccc(O)c21. The first-order valence-corrected chi connectivity index (χ1v) is 5.16. The van der Waals surface area contributed by atoms with E-state index in [1.54, 1.807) is 0 Å². The predicted molar refractivity (Wildman–Crippen MR) is 59.2 cm³/mol. The van der Waals surface area contributed by atoms with Gasteiger partial charge < -0.3 is 5.11 Å². The van der Waals surface area contributed by atoms with E-state index < -0.39 is 23.1 Å². The lowest BCUT2D eigenvalue weighted by Crippen LogP contribution is -2.22. The summed E-state index contributed by atoms with van der Waals surface area (Å²) in [6.45, 7) is 0. The molecule has 88 valence electrons. The molecule has 0 aliphatic heterocycles. The van der Waals surface area contributed by atoms with Gasteiger partial charge in [-0.05, 0) is 18.2 Å². The van der Waals surface area contributed by atoms with E-state index in [2.05, 4.69) is 4.98 Å². The number of aromatic nitrogens is 1. The molecule has 0 spiro atoms. The third-order valence-electron chi connectivity index (χ3n) is 2.90. The van der Waals surface area contributed by atoms with Crippen LogP contribution in [0.5, 0.6) is 5.75 Å². The van der Waals surface area contributed by atoms with Gasteiger partial charge in [-0.1, -0.05) is 0 Å². The maximum absolute atomic E-state index is 13.7. The third-order valence-corrected chi connectivity index (χ3v) is 2.90. The molecule has 0 saturated heterocycles. The van der Waals surface area contributed by atoms with E-state index in [4.69, 9.17) is 0 Å². The topological polar surface area (TPSA) is 67.3 Å². The van der Waals surface area contributed by atoms with Gasteiger partial charge in [-0.3, -0.25) is 14.6 Å². The van der Waals surface area contributed by atoms with Crippen LogP contribution in [0.25, 0.3) is 0 Å². The number of hydrogen-bond donors (Lipinski definition) is 1. The Morgan fingerprint density at radius 2 is 1.72 bits per heavy atom. The number of carbonyl (C=O) groups is 2. The highest BCUT2D eigenvalue weighted by Gasteiger charge is 2.34. The second kappa shape index (κ2) is 3.46. The Kier molecular flexibility index (Phi) is 2.04. The summed E-state index contributed by atoms with van der Waals surface area (Å²) in [5, 5.41) is 9.63. The van der Waals surface area contributed by atoms with E-state index in [1.807, 2.05) is 0 Å². The normalized spacial score (nSPS) is 13.2. The minimum absolute atomic E-state index is 0.0795. The molecule has 0 atom stereocenters. The first-order chi connectivity index (χ1) is 8.61. The Balaban J connectivity index is 2.41. The predicted octanol–water partition coefficient (Wildman–Crippen LogP) is 1.70. The molecule has 0 fully saturated rings. The van der Waals surface area contributed by atoms with Gasteiger partial charge in [0.25, 0.3) is 0 Å². The van der Waals surface area contributed by atoms with Crippen molar-refractivity contribution < 1.29 is 19.1 Å². The van der Waals surface area contributed by atoms with Crippen molar-refractivity contribution in [1.29, 1.82) is 0 Å². The van der Waals surface area contributed by atoms with Crippen LogP contribution in [0.2, 0.25) is 0 Å². The van der Waals surface area contributed by atoms with Gasteiger partial charge in [0.15, 0.2) is 11.6 Å². The van der Waals surface area contributed by atoms with Crippen molar-refractivity contribution in [2.75, 3.05) is 0 Å². The molecule has 4 nitrogen and oxygen atoms in total. The first-order valence-electron chi connectivity index (χ1n) is 5.16. The van der Waals surface area contributed by atoms with Gasteiger partial charge in [-0.2, -0.15) is 0 Å². The average Bonchev–Trinajstić information content (AvgIpc) is 2.38. The molecule has 18 heavy (non-hydrogen) atoms. The Morgan fingerprint density at radius 1 is 1.00 bits per heavy atom. The number of pyridine rings is 1. The largest absolute Gasteiger partial charge is 0.507 e. The monoisotopic (exact) mass is 243 g/mol. The molecule has 2 aromatic rings. The van der Waals surface area contributed by atoms with Gasteiger partial charge >= 0.3 is 0 Å². The molecular formula is C13H6FNO3. The highest BCUT2D eigenvalue weighted by Crippen LogP contribution is 2.33. The van der Waals surface area contributed by atoms with Gasteiger partial charge in [0.05, 0.1) is 16.7 Å². The summed E-state index contributed by atoms with van der Waals surface area (Å²) < 4.78 is 13.7. The number of fused-ring (bicyclic) bond motifs is 2. The molecule has 1 aliphatic rings. The van der Waals surface area contributed by atoms with Crippen molar-refractivity contribution in [3.8, 4) is 5.75 Å². The van der Waals surface area contributed by atoms with E-state index in [0.29, 0.717) is 0 Å². The molecule has 0 unspecified atom stereocenters. The molecule has 0 saturated carbocycles. The van der Waals surface area contributed by atoms with Gasteiger partial charge in [0.2, 0.25) is 0 Å². The van der Waals surface area contributed by atoms with Crippen LogP contribution in [0.3, 0.4) is 0 Å². The molecule has 1 aromatic heterocycles. The number of aromatic hydroxyl groups is 1. The number of ketones is 2. The van der Waals surface area contributed by atoms with Crippen molar-refractivity contribution in [2.24, 2.45) is 0 Å². The Bertz CT molecular complexity index is 649. The lowest BCUT2D eigenvalue weighted by molar-refractivity contribution is 0.0973. The lowest BCUT2D eigenvalue weighted by atomic mass is 9.84. The second-order valence-corrected chi connectivity index (χ2v) is 3.90. The van der Waals surface area contributed by atoms with E-state index in [1.165, 1.54) is 18.5 Å². The molecule has 1 N–H and O–H groups in total. The molecular weight excluding hydrogens is 237 g/mol. The standard InChI is InChI=1S/C13H6FNO3/c14-8-1-2-9(16)11-10(8)12(17)6-3-4-15-5-7(6)13(11)18/h1-5,16H. The molecule has 3 rings (SSSR count). The fourth-order valence-corrected chi connectivity index (χ4v) is 2.06. The van der Waals surface area contributed by atoms with Crippen molar-refractivity contribution in [3.63, 3.8) is 0 Å². The summed E-state index contributed by atoms with van der Waals surface area (Å²) in [6, 6.07) is 3.38. The number of carbonyl (C=O) groups excluding carboxylic acids is 2. The number of phenolic OH excluding ortho intramolecular Hbond substituents is 1. The summed E-state index contributed by atoms with van der Waals surface area (Å²) in [7, 11) is 0. The molecule has 1 aliphatic carbocycles. The number of halogens is 1. The van der Waals surface area contributed by atoms with E-state index >= 15 is 0 Å². The van der Waals surface area contributed by atoms with E-state index in [-0.39, 0.29) is 22.3 Å². The van der Waals surface area contributed by atoms with Gasteiger partial charge in [-0.15, -0.1) is 0 Å². The number of hydrogen-bond acceptors (Lipinski definition) is 4. The second-order valence-electron chi connectivity index (χ2n) is 3.90. The maximum Gasteiger partial charge on any atom is 0.199 e. The number of rotatable bonds is 0. The number of benzene rings is 1. The Hall–Kier alpha value is -2.56. The van der Waals surface area contributed by atoms with Gasteiger partial charge in [-0.25, -0.2) is 4.39 Å². The van der Waals surface area contributed by atoms with Crippen LogP contribution in [0.1, 0.15) is 31.8 Å². The van der Waals surface area contributed by atoms with Crippen LogP contribution in [0.4, 0.5) is 4.39 Å². The smallest absolute Gasteiger partial charge is 0.199 e. The summed E-state index contributed by atoms with van der Waals surface area (Å²) in [4.78, 5) is 28.0. The van der Waals surface area contributed by atoms with E-state index in [9.17, 15) is 19.1 Å². The molecule has 0 amide bonds. The number of nitrogens with zero attached hydrogens (tertiary/aromatic N) is 1. The van der Waals surface area contributed by atoms with Gasteiger partial charge in [0, 0.05) is 18.0 Å². The average molecular weight is 243 g/mol. The van der Waals surface area contributed by atoms with Crippen LogP contribution >= 0.6 is 0 Å². The van der Waals surface area contributed by atoms with Crippen LogP contribution in [0.15, 0.2) is 30.6 Å². The van der Waals surface area contributed by atoms with E-state index in [0.717, 1.165) is 12.1 Å². The summed E-state index contributed by atoms with van der Waals surface area (Å²) in [6.07, 6.45) is 2.60. The van der Waals surface area contributed by atoms with Crippen molar-refractivity contribution in [2.45, 2.75) is 0 Å². The quantitative estimate of drug-likeness (QED) is 0.652. The maximum atomic E-state index is 13.7. The summed E-state index contributed by atoms with van der Waals surface area (Å²) >= 11 is 0. The molecule has 5 heteroatoms. The molecule has 1 heterocycles. The summed E-state index contributed by atoms with van der Waals surface area (Å²) in [5.74, 6) is -2.43. The Labute approximate surface area is 101 Å². The fourth-order valence-electron chi connectivity index (χ4n) is 2.06. The van der Waals surface area contributed by atoms with Gasteiger partial charge in [0.1, 0.15) is 11.6 Å². The molecule has 1 aromatic carbocycles. The zero-order valence-electron chi connectivity index (χ0n) is 8.98. The minimum atomic E-state index is -0.816. The van der Waals surface area contributed by atoms with Crippen LogP contribution < -0.4 is 0 Å². The first kappa shape index (κ1) is 10.6. The van der Waals surface area contributed by atoms with Crippen LogP contribution in [-0.4, -0.2) is 21.7 Å². The molecule has 0 radical (unpaired) electrons. The minimum Gasteiger partial charge on any atom is -0.507 e. The zero-order chi connectivity index (χ0) is 12.9.